The van der Waals surface area contributed by atoms with Crippen molar-refractivity contribution in [3.8, 4) is 0 Å². The molecule has 5 N–H and O–H groups in total. The number of esters is 1. The van der Waals surface area contributed by atoms with Gasteiger partial charge in [0.1, 0.15) is 29.7 Å². The van der Waals surface area contributed by atoms with Gasteiger partial charge in [0.15, 0.2) is 12.6 Å². The first-order valence-electron chi connectivity index (χ1n) is 22.5. The monoisotopic (exact) mass is 984 g/mol. The Labute approximate surface area is 395 Å². The van der Waals surface area contributed by atoms with Crippen LogP contribution in [0.25, 0.3) is 0 Å². The highest BCUT2D eigenvalue weighted by atomic mass is 35.5. The van der Waals surface area contributed by atoms with Crippen LogP contribution in [0.15, 0.2) is 23.1 Å². The molecule has 4 rings (SSSR count). The van der Waals surface area contributed by atoms with Crippen LogP contribution in [0.5, 0.6) is 0 Å². The van der Waals surface area contributed by atoms with Crippen molar-refractivity contribution in [2.75, 3.05) is 34.4 Å². The molecule has 374 valence electrons. The fourth-order valence-electron chi connectivity index (χ4n) is 9.76. The predicted molar refractivity (Wildman–Crippen MR) is 242 cm³/mol. The summed E-state index contributed by atoms with van der Waals surface area (Å²) in [5.41, 5.74) is -4.50. The van der Waals surface area contributed by atoms with Gasteiger partial charge < -0.3 is 53.6 Å². The minimum atomic E-state index is -3.96. The summed E-state index contributed by atoms with van der Waals surface area (Å²) in [5, 5.41) is 46.7. The lowest BCUT2D eigenvalue weighted by Gasteiger charge is -2.50. The first-order valence-corrected chi connectivity index (χ1v) is 24.7. The molecule has 3 fully saturated rings. The summed E-state index contributed by atoms with van der Waals surface area (Å²) in [7, 11) is 0.723. The largest absolute Gasteiger partial charge is 0.459 e. The number of benzene rings is 1. The number of nitrogens with zero attached hydrogens (tertiary/aromatic N) is 1. The third-order valence-corrected chi connectivity index (χ3v) is 16.3. The summed E-state index contributed by atoms with van der Waals surface area (Å²) < 4.78 is 73.1. The Morgan fingerprint density at radius 2 is 1.52 bits per heavy atom. The van der Waals surface area contributed by atoms with Crippen molar-refractivity contribution in [3.05, 3.63) is 28.2 Å². The summed E-state index contributed by atoms with van der Waals surface area (Å²) >= 11 is 12.1. The molecular formula is C45H74Cl2N2O15S. The van der Waals surface area contributed by atoms with E-state index in [0.717, 1.165) is 0 Å². The maximum absolute atomic E-state index is 14.4. The maximum Gasteiger partial charge on any atom is 0.311 e. The van der Waals surface area contributed by atoms with E-state index in [2.05, 4.69) is 4.72 Å². The number of ketones is 1. The summed E-state index contributed by atoms with van der Waals surface area (Å²) in [6.07, 6.45) is -10.4. The van der Waals surface area contributed by atoms with Crippen molar-refractivity contribution in [1.29, 1.82) is 0 Å². The van der Waals surface area contributed by atoms with E-state index < -0.39 is 124 Å². The molecule has 0 radical (unpaired) electrons. The van der Waals surface area contributed by atoms with Gasteiger partial charge in [-0.15, -0.1) is 0 Å². The fraction of sp³-hybridized carbons (Fsp3) is 0.822. The van der Waals surface area contributed by atoms with Crippen molar-refractivity contribution in [2.24, 2.45) is 23.7 Å². The Morgan fingerprint density at radius 3 is 2.11 bits per heavy atom. The van der Waals surface area contributed by atoms with E-state index in [1.807, 2.05) is 11.8 Å². The number of cyclic esters (lactones) is 1. The normalized spacial score (nSPS) is 41.8. The number of likely N-dealkylation sites (N-methyl/N-ethyl adjacent to an activating group) is 1. The van der Waals surface area contributed by atoms with Crippen LogP contribution in [0.3, 0.4) is 0 Å². The topological polar surface area (TPSA) is 229 Å². The molecule has 0 bridgehead atoms. The molecule has 3 heterocycles. The van der Waals surface area contributed by atoms with E-state index in [9.17, 15) is 38.4 Å². The van der Waals surface area contributed by atoms with Gasteiger partial charge in [-0.3, -0.25) is 14.5 Å². The number of aliphatic hydroxyl groups is 4. The number of Topliss-reactive ketones (excluding diaryl/α,β-unsaturated/α-hetero) is 1. The number of hydrogen-bond donors (Lipinski definition) is 5. The average Bonchev–Trinajstić information content (AvgIpc) is 3.25. The van der Waals surface area contributed by atoms with Gasteiger partial charge >= 0.3 is 5.97 Å². The van der Waals surface area contributed by atoms with Gasteiger partial charge in [0, 0.05) is 57.5 Å². The summed E-state index contributed by atoms with van der Waals surface area (Å²) in [5.74, 6) is -4.96. The second kappa shape index (κ2) is 22.4. The van der Waals surface area contributed by atoms with Crippen LogP contribution in [0.4, 0.5) is 0 Å². The number of ether oxygens (including phenoxy) is 7. The Hall–Kier alpha value is -1.59. The van der Waals surface area contributed by atoms with Crippen LogP contribution in [0.1, 0.15) is 94.9 Å². The highest BCUT2D eigenvalue weighted by Crippen LogP contribution is 2.42. The molecule has 1 aromatic carbocycles. The van der Waals surface area contributed by atoms with Crippen molar-refractivity contribution in [1.82, 2.24) is 9.62 Å². The van der Waals surface area contributed by atoms with Gasteiger partial charge in [-0.05, 0) is 86.1 Å². The Kier molecular flexibility index (Phi) is 19.3. The number of nitrogens with one attached hydrogen (secondary N) is 1. The molecule has 3 aliphatic rings. The molecule has 0 amide bonds. The fourth-order valence-corrected chi connectivity index (χ4v) is 11.2. The molecule has 3 saturated heterocycles. The molecule has 17 nitrogen and oxygen atoms in total. The van der Waals surface area contributed by atoms with E-state index in [4.69, 9.17) is 56.4 Å². The first kappa shape index (κ1) is 56.0. The zero-order valence-electron chi connectivity index (χ0n) is 40.0. The zero-order valence-corrected chi connectivity index (χ0v) is 42.4. The molecule has 0 aromatic heterocycles. The highest BCUT2D eigenvalue weighted by Gasteiger charge is 2.54. The number of halogens is 2. The number of hydrogen-bond acceptors (Lipinski definition) is 16. The Bertz CT molecular complexity index is 1880. The van der Waals surface area contributed by atoms with E-state index >= 15 is 0 Å². The van der Waals surface area contributed by atoms with Crippen molar-refractivity contribution in [3.63, 3.8) is 0 Å². The molecule has 0 aliphatic carbocycles. The van der Waals surface area contributed by atoms with Crippen LogP contribution in [0.2, 0.25) is 10.0 Å². The van der Waals surface area contributed by atoms with Gasteiger partial charge in [0.2, 0.25) is 10.0 Å². The van der Waals surface area contributed by atoms with Crippen molar-refractivity contribution >= 4 is 45.0 Å². The number of aliphatic hydroxyl groups excluding tert-OH is 3. The lowest BCUT2D eigenvalue weighted by atomic mass is 9.74. The van der Waals surface area contributed by atoms with E-state index in [0.29, 0.717) is 6.42 Å². The minimum absolute atomic E-state index is 0.0187. The number of methoxy groups -OCH3 is 2. The zero-order chi connectivity index (χ0) is 49.1. The molecule has 0 unspecified atom stereocenters. The molecule has 1 aromatic rings. The highest BCUT2D eigenvalue weighted by molar-refractivity contribution is 7.89. The van der Waals surface area contributed by atoms with Crippen molar-refractivity contribution < 1.29 is 71.6 Å². The van der Waals surface area contributed by atoms with Crippen LogP contribution >= 0.6 is 23.2 Å². The molecular weight excluding hydrogens is 911 g/mol. The van der Waals surface area contributed by atoms with Crippen LogP contribution in [-0.2, 0) is 52.8 Å². The second-order valence-electron chi connectivity index (χ2n) is 19.1. The van der Waals surface area contributed by atoms with Crippen LogP contribution in [0, 0.1) is 23.7 Å². The number of carbonyl (C=O) groups excluding carboxylic acids is 2. The summed E-state index contributed by atoms with van der Waals surface area (Å²) in [6.45, 7) is 16.8. The third kappa shape index (κ3) is 12.6. The van der Waals surface area contributed by atoms with Gasteiger partial charge in [0.05, 0.1) is 62.6 Å². The molecule has 3 aliphatic heterocycles. The molecule has 65 heavy (non-hydrogen) atoms. The molecule has 0 saturated carbocycles. The number of sulfonamides is 1. The molecule has 20 heteroatoms. The Morgan fingerprint density at radius 1 is 0.892 bits per heavy atom. The molecule has 18 atom stereocenters. The average molecular weight is 986 g/mol. The van der Waals surface area contributed by atoms with E-state index in [1.54, 1.807) is 55.5 Å². The third-order valence-electron chi connectivity index (χ3n) is 14.1. The summed E-state index contributed by atoms with van der Waals surface area (Å²) in [6, 6.07) is 3.41. The number of carbonyl (C=O) groups is 2. The second-order valence-corrected chi connectivity index (χ2v) is 21.7. The first-order chi connectivity index (χ1) is 30.1. The van der Waals surface area contributed by atoms with Crippen LogP contribution in [-0.4, -0.2) is 164 Å². The van der Waals surface area contributed by atoms with Gasteiger partial charge in [0.25, 0.3) is 0 Å². The minimum Gasteiger partial charge on any atom is -0.459 e. The SMILES string of the molecule is CC[C@H]1OC(=O)[C@H](C)[C@@H](O[C@H]2C[C@@](C)(OC)[C@@H](O)[C@H](C)O2)[C@H](C)[C@@H](O[C@H]2O[C@H](C)C[C@H](N(C)CCNS(=O)(=O)c3ccc(Cl)c(Cl)c3)[C@H]2O)[C@](C)(OC)C[C@@H](C)C(=O)[C@H](C)[C@@H](O)[C@]1(C)O. The Balaban J connectivity index is 1.75. The lowest BCUT2D eigenvalue weighted by molar-refractivity contribution is -0.319. The standard InChI is InChI=1S/C45H74Cl2N2O15S/c1-14-33-45(10,55)38(52)25(4)35(50)23(2)21-44(9,59-13)40(26(5)37(27(6)41(54)62-33)63-34-22-43(8,58-12)39(53)28(7)61-34)64-42-36(51)32(19-24(3)60-42)49(11)18-17-48-65(56,57)29-15-16-30(46)31(47)20-29/h15-16,20,23-28,32-34,36-40,42,48,51-53,55H,14,17-19,21-22H2,1-13H3/t23-,24-,25+,26+,27-,28+,32+,33-,34+,36-,37+,38-,39+,40-,42-,43-,44-,45-/m1/s1. The van der Waals surface area contributed by atoms with E-state index in [1.165, 1.54) is 46.3 Å². The predicted octanol–water partition coefficient (Wildman–Crippen LogP) is 4.10. The van der Waals surface area contributed by atoms with Gasteiger partial charge in [-0.1, -0.05) is 50.9 Å². The van der Waals surface area contributed by atoms with Gasteiger partial charge in [-0.25, -0.2) is 13.1 Å². The lowest BCUT2D eigenvalue weighted by Crippen LogP contribution is -2.62. The van der Waals surface area contributed by atoms with Gasteiger partial charge in [-0.2, -0.15) is 0 Å². The quantitative estimate of drug-likeness (QED) is 0.175. The van der Waals surface area contributed by atoms with E-state index in [-0.39, 0.29) is 53.1 Å². The van der Waals surface area contributed by atoms with Crippen molar-refractivity contribution in [2.45, 2.75) is 184 Å². The molecule has 0 spiro atoms. The maximum atomic E-state index is 14.4. The summed E-state index contributed by atoms with van der Waals surface area (Å²) in [4.78, 5) is 30.3. The van der Waals surface area contributed by atoms with Crippen LogP contribution < -0.4 is 4.72 Å². The number of rotatable bonds is 13. The smallest absolute Gasteiger partial charge is 0.311 e.